The van der Waals surface area contributed by atoms with Gasteiger partial charge in [-0.2, -0.15) is 0 Å². The fourth-order valence-corrected chi connectivity index (χ4v) is 0.638. The first-order chi connectivity index (χ1) is 6.97. The average Bonchev–Trinajstić information content (AvgIpc) is 2.18. The van der Waals surface area contributed by atoms with Crippen molar-refractivity contribution < 1.29 is 14.8 Å². The van der Waals surface area contributed by atoms with Crippen LogP contribution >= 0.6 is 11.6 Å². The summed E-state index contributed by atoms with van der Waals surface area (Å²) >= 11 is 4.74. The number of nitro groups is 1. The van der Waals surface area contributed by atoms with Crippen molar-refractivity contribution in [2.75, 3.05) is 11.6 Å². The minimum absolute atomic E-state index is 0.0278. The number of nitrogens with two attached hydrogens (primary N) is 1. The lowest BCUT2D eigenvalue weighted by Crippen LogP contribution is -1.92. The van der Waals surface area contributed by atoms with Crippen molar-refractivity contribution in [2.45, 2.75) is 0 Å². The Bertz CT molecular complexity index is 356. The van der Waals surface area contributed by atoms with E-state index in [9.17, 15) is 14.9 Å². The lowest BCUT2D eigenvalue weighted by Gasteiger charge is -1.90. The van der Waals surface area contributed by atoms with Gasteiger partial charge in [-0.15, -0.1) is 11.6 Å². The number of aliphatic carboxylic acids is 1. The fourth-order valence-electron chi connectivity index (χ4n) is 0.638. The van der Waals surface area contributed by atoms with E-state index >= 15 is 0 Å². The van der Waals surface area contributed by atoms with Crippen molar-refractivity contribution in [1.82, 2.24) is 0 Å². The largest absolute Gasteiger partial charge is 0.480 e. The normalized spacial score (nSPS) is 8.60. The number of non-ortho nitro benzene ring substituents is 1. The molecule has 0 aliphatic heterocycles. The smallest absolute Gasteiger partial charge is 0.318 e. The van der Waals surface area contributed by atoms with Crippen LogP contribution in [0.15, 0.2) is 24.3 Å². The summed E-state index contributed by atoms with van der Waals surface area (Å²) in [7, 11) is 0. The summed E-state index contributed by atoms with van der Waals surface area (Å²) in [6.07, 6.45) is 0. The van der Waals surface area contributed by atoms with E-state index < -0.39 is 10.9 Å². The van der Waals surface area contributed by atoms with Crippen molar-refractivity contribution >= 4 is 28.9 Å². The summed E-state index contributed by atoms with van der Waals surface area (Å²) in [5, 5.41) is 17.7. The maximum atomic E-state index is 10.1. The molecule has 0 atom stereocenters. The molecule has 0 saturated heterocycles. The highest BCUT2D eigenvalue weighted by molar-refractivity contribution is 6.26. The van der Waals surface area contributed by atoms with Crippen molar-refractivity contribution in [1.29, 1.82) is 0 Å². The SMILES string of the molecule is Nc1cccc([N+](=O)[O-])c1.O=C(O)CCl. The molecule has 6 nitrogen and oxygen atoms in total. The highest BCUT2D eigenvalue weighted by atomic mass is 35.5. The van der Waals surface area contributed by atoms with E-state index in [-0.39, 0.29) is 11.6 Å². The molecule has 0 spiro atoms. The molecule has 0 saturated carbocycles. The molecule has 7 heteroatoms. The summed E-state index contributed by atoms with van der Waals surface area (Å²) in [5.41, 5.74) is 5.73. The number of hydrogen-bond acceptors (Lipinski definition) is 4. The van der Waals surface area contributed by atoms with Gasteiger partial charge in [0.15, 0.2) is 0 Å². The standard InChI is InChI=1S/C6H6N2O2.C2H3ClO2/c7-5-2-1-3-6(4-5)8(9)10;3-1-2(4)5/h1-4H,7H2;1H2,(H,4,5). The second-order valence-electron chi connectivity index (χ2n) is 2.38. The molecule has 0 fully saturated rings. The maximum absolute atomic E-state index is 10.1. The third-order valence-electron chi connectivity index (χ3n) is 1.20. The number of nitrogen functional groups attached to an aromatic ring is 1. The number of nitro benzene ring substituents is 1. The number of benzene rings is 1. The van der Waals surface area contributed by atoms with Crippen LogP contribution in [0, 0.1) is 10.1 Å². The number of carboxylic acids is 1. The quantitative estimate of drug-likeness (QED) is 0.348. The Morgan fingerprint density at radius 1 is 1.60 bits per heavy atom. The van der Waals surface area contributed by atoms with Gasteiger partial charge in [-0.3, -0.25) is 14.9 Å². The molecular formula is C8H9ClN2O4. The van der Waals surface area contributed by atoms with Gasteiger partial charge >= 0.3 is 5.97 Å². The Balaban J connectivity index is 0.000000336. The van der Waals surface area contributed by atoms with Gasteiger partial charge in [0.05, 0.1) is 4.92 Å². The monoisotopic (exact) mass is 232 g/mol. The molecule has 3 N–H and O–H groups in total. The van der Waals surface area contributed by atoms with Gasteiger partial charge in [0, 0.05) is 17.8 Å². The number of rotatable bonds is 2. The summed E-state index contributed by atoms with van der Waals surface area (Å²) in [6.45, 7) is 0. The molecule has 0 radical (unpaired) electrons. The number of anilines is 1. The predicted octanol–water partition coefficient (Wildman–Crippen LogP) is 1.49. The second-order valence-corrected chi connectivity index (χ2v) is 2.65. The summed E-state index contributed by atoms with van der Waals surface area (Å²) in [5.74, 6) is -1.29. The molecule has 0 amide bonds. The van der Waals surface area contributed by atoms with Gasteiger partial charge in [0.25, 0.3) is 5.69 Å². The summed E-state index contributed by atoms with van der Waals surface area (Å²) < 4.78 is 0. The van der Waals surface area contributed by atoms with E-state index in [1.807, 2.05) is 0 Å². The Labute approximate surface area is 90.4 Å². The van der Waals surface area contributed by atoms with Crippen LogP contribution in [-0.2, 0) is 4.79 Å². The highest BCUT2D eigenvalue weighted by Crippen LogP contribution is 2.13. The molecule has 1 aromatic rings. The number of carbonyl (C=O) groups is 1. The molecule has 0 aliphatic rings. The zero-order valence-corrected chi connectivity index (χ0v) is 8.35. The Hall–Kier alpha value is -1.82. The lowest BCUT2D eigenvalue weighted by atomic mass is 10.3. The maximum Gasteiger partial charge on any atom is 0.318 e. The topological polar surface area (TPSA) is 106 Å². The minimum Gasteiger partial charge on any atom is -0.480 e. The number of hydrogen-bond donors (Lipinski definition) is 2. The molecule has 0 unspecified atom stereocenters. The van der Waals surface area contributed by atoms with Gasteiger partial charge in [-0.25, -0.2) is 0 Å². The van der Waals surface area contributed by atoms with Crippen LogP contribution in [0.4, 0.5) is 11.4 Å². The van der Waals surface area contributed by atoms with Crippen LogP contribution in [0.25, 0.3) is 0 Å². The van der Waals surface area contributed by atoms with Crippen LogP contribution < -0.4 is 5.73 Å². The first kappa shape index (κ1) is 13.2. The summed E-state index contributed by atoms with van der Waals surface area (Å²) in [4.78, 5) is 18.9. The zero-order chi connectivity index (χ0) is 11.8. The second kappa shape index (κ2) is 6.61. The van der Waals surface area contributed by atoms with Gasteiger partial charge < -0.3 is 10.8 Å². The lowest BCUT2D eigenvalue weighted by molar-refractivity contribution is -0.384. The predicted molar refractivity (Wildman–Crippen MR) is 55.9 cm³/mol. The molecule has 1 rings (SSSR count). The van der Waals surface area contributed by atoms with Crippen molar-refractivity contribution in [3.63, 3.8) is 0 Å². The van der Waals surface area contributed by atoms with Crippen molar-refractivity contribution in [3.8, 4) is 0 Å². The summed E-state index contributed by atoms with van der Waals surface area (Å²) in [6, 6.07) is 5.87. The number of carboxylic acid groups (broad SMARTS) is 1. The van der Waals surface area contributed by atoms with Gasteiger partial charge in [-0.1, -0.05) is 6.07 Å². The van der Waals surface area contributed by atoms with Crippen LogP contribution in [0.5, 0.6) is 0 Å². The molecular weight excluding hydrogens is 224 g/mol. The van der Waals surface area contributed by atoms with Crippen LogP contribution in [0.2, 0.25) is 0 Å². The third-order valence-corrected chi connectivity index (χ3v) is 1.42. The van der Waals surface area contributed by atoms with Gasteiger partial charge in [-0.05, 0) is 6.07 Å². The molecule has 15 heavy (non-hydrogen) atoms. The zero-order valence-electron chi connectivity index (χ0n) is 7.59. The van der Waals surface area contributed by atoms with Crippen molar-refractivity contribution in [3.05, 3.63) is 34.4 Å². The third kappa shape index (κ3) is 6.28. The molecule has 0 aromatic heterocycles. The Kier molecular flexibility index (Phi) is 5.81. The van der Waals surface area contributed by atoms with Gasteiger partial charge in [0.1, 0.15) is 5.88 Å². The average molecular weight is 233 g/mol. The number of alkyl halides is 1. The van der Waals surface area contributed by atoms with E-state index in [0.29, 0.717) is 5.69 Å². The Morgan fingerprint density at radius 3 is 2.40 bits per heavy atom. The number of nitrogens with zero attached hydrogens (tertiary/aromatic N) is 1. The van der Waals surface area contributed by atoms with Crippen molar-refractivity contribution in [2.24, 2.45) is 0 Å². The molecule has 0 bridgehead atoms. The first-order valence-corrected chi connectivity index (χ1v) is 4.28. The molecule has 1 aromatic carbocycles. The minimum atomic E-state index is -0.980. The van der Waals surface area contributed by atoms with E-state index in [4.69, 9.17) is 22.4 Å². The van der Waals surface area contributed by atoms with Crippen LogP contribution in [0.1, 0.15) is 0 Å². The van der Waals surface area contributed by atoms with E-state index in [2.05, 4.69) is 0 Å². The molecule has 82 valence electrons. The molecule has 0 heterocycles. The van der Waals surface area contributed by atoms with Crippen LogP contribution in [0.3, 0.4) is 0 Å². The highest BCUT2D eigenvalue weighted by Gasteiger charge is 2.02. The van der Waals surface area contributed by atoms with E-state index in [0.717, 1.165) is 0 Å². The number of halogens is 1. The van der Waals surface area contributed by atoms with Crippen LogP contribution in [-0.4, -0.2) is 21.9 Å². The van der Waals surface area contributed by atoms with Gasteiger partial charge in [0.2, 0.25) is 0 Å². The molecule has 0 aliphatic carbocycles. The van der Waals surface area contributed by atoms with E-state index in [1.165, 1.54) is 12.1 Å². The van der Waals surface area contributed by atoms with E-state index in [1.54, 1.807) is 12.1 Å². The fraction of sp³-hybridized carbons (Fsp3) is 0.125. The Morgan fingerprint density at radius 2 is 2.13 bits per heavy atom. The first-order valence-electron chi connectivity index (χ1n) is 3.75.